The maximum Gasteiger partial charge on any atom is 0.109 e. The largest absolute Gasteiger partial charge is 0.302 e. The molecule has 2 heterocycles. The molecule has 1 unspecified atom stereocenters. The van der Waals surface area contributed by atoms with Crippen molar-refractivity contribution in [3.8, 4) is 0 Å². The molecule has 0 aromatic carbocycles. The molecular weight excluding hydrogens is 292 g/mol. The molecule has 0 saturated heterocycles. The van der Waals surface area contributed by atoms with Gasteiger partial charge in [-0.2, -0.15) is 5.10 Å². The molecule has 0 radical (unpaired) electrons. The molecule has 2 aromatic rings. The number of hydrogen-bond donors (Lipinski definition) is 1. The number of nitrogens with one attached hydrogen (secondary N) is 1. The molecule has 110 valence electrons. The Hall–Kier alpha value is -0.910. The van der Waals surface area contributed by atoms with E-state index in [1.165, 1.54) is 0 Å². The molecule has 0 aliphatic rings. The topological polar surface area (TPSA) is 42.7 Å². The van der Waals surface area contributed by atoms with E-state index in [0.29, 0.717) is 0 Å². The van der Waals surface area contributed by atoms with Crippen LogP contribution in [0.5, 0.6) is 0 Å². The maximum atomic E-state index is 6.42. The molecule has 1 atom stereocenters. The molecule has 0 bridgehead atoms. The molecule has 20 heavy (non-hydrogen) atoms. The minimum Gasteiger partial charge on any atom is -0.302 e. The van der Waals surface area contributed by atoms with E-state index in [1.54, 1.807) is 11.3 Å². The molecule has 0 saturated carbocycles. The van der Waals surface area contributed by atoms with Crippen LogP contribution in [0, 0.1) is 0 Å². The van der Waals surface area contributed by atoms with Crippen molar-refractivity contribution in [1.29, 1.82) is 0 Å². The number of aromatic nitrogens is 3. The second-order valence-electron chi connectivity index (χ2n) is 4.59. The summed E-state index contributed by atoms with van der Waals surface area (Å²) >= 11 is 8.11. The number of nitrogens with zero attached hydrogens (tertiary/aromatic N) is 3. The van der Waals surface area contributed by atoms with Crippen LogP contribution in [0.1, 0.15) is 49.6 Å². The summed E-state index contributed by atoms with van der Waals surface area (Å²) in [5.74, 6) is 0. The SMILES string of the molecule is CCc1nn(CC)c(CNC(CC)c2nccs2)c1Cl. The Morgan fingerprint density at radius 2 is 2.20 bits per heavy atom. The zero-order valence-electron chi connectivity index (χ0n) is 12.2. The van der Waals surface area contributed by atoms with E-state index in [1.807, 2.05) is 16.3 Å². The van der Waals surface area contributed by atoms with Crippen molar-refractivity contribution in [3.05, 3.63) is 33.0 Å². The summed E-state index contributed by atoms with van der Waals surface area (Å²) in [4.78, 5) is 4.39. The van der Waals surface area contributed by atoms with Crippen LogP contribution in [0.4, 0.5) is 0 Å². The van der Waals surface area contributed by atoms with Gasteiger partial charge in [0.05, 0.1) is 22.5 Å². The predicted octanol–water partition coefficient (Wildman–Crippen LogP) is 3.82. The van der Waals surface area contributed by atoms with E-state index in [2.05, 4.69) is 36.2 Å². The van der Waals surface area contributed by atoms with Crippen LogP contribution in [0.3, 0.4) is 0 Å². The number of rotatable bonds is 7. The van der Waals surface area contributed by atoms with Crippen molar-refractivity contribution in [1.82, 2.24) is 20.1 Å². The molecular formula is C14H21ClN4S. The van der Waals surface area contributed by atoms with Crippen LogP contribution in [0.2, 0.25) is 5.02 Å². The minimum atomic E-state index is 0.274. The zero-order chi connectivity index (χ0) is 14.5. The van der Waals surface area contributed by atoms with Crippen molar-refractivity contribution in [2.75, 3.05) is 0 Å². The van der Waals surface area contributed by atoms with Crippen LogP contribution in [0.15, 0.2) is 11.6 Å². The standard InChI is InChI=1S/C14H21ClN4S/c1-4-10-13(15)12(19(6-3)18-10)9-17-11(5-2)14-16-7-8-20-14/h7-8,11,17H,4-6,9H2,1-3H3. The zero-order valence-corrected chi connectivity index (χ0v) is 13.8. The fourth-order valence-corrected chi connectivity index (χ4v) is 3.35. The highest BCUT2D eigenvalue weighted by Gasteiger charge is 2.17. The van der Waals surface area contributed by atoms with Crippen molar-refractivity contribution in [3.63, 3.8) is 0 Å². The van der Waals surface area contributed by atoms with Crippen LogP contribution in [-0.4, -0.2) is 14.8 Å². The first-order chi connectivity index (χ1) is 9.71. The molecule has 4 nitrogen and oxygen atoms in total. The van der Waals surface area contributed by atoms with Gasteiger partial charge in [0.15, 0.2) is 0 Å². The molecule has 2 rings (SSSR count). The van der Waals surface area contributed by atoms with Gasteiger partial charge in [0, 0.05) is 24.7 Å². The monoisotopic (exact) mass is 312 g/mol. The second kappa shape index (κ2) is 7.20. The summed E-state index contributed by atoms with van der Waals surface area (Å²) < 4.78 is 1.99. The third-order valence-corrected chi connectivity index (χ3v) is 4.69. The number of aryl methyl sites for hydroxylation is 2. The molecule has 1 N–H and O–H groups in total. The Kier molecular flexibility index (Phi) is 5.57. The van der Waals surface area contributed by atoms with Gasteiger partial charge in [-0.1, -0.05) is 25.4 Å². The lowest BCUT2D eigenvalue weighted by atomic mass is 10.2. The summed E-state index contributed by atoms with van der Waals surface area (Å²) in [6.45, 7) is 7.89. The summed E-state index contributed by atoms with van der Waals surface area (Å²) in [6.07, 6.45) is 3.72. The van der Waals surface area contributed by atoms with E-state index in [9.17, 15) is 0 Å². The highest BCUT2D eigenvalue weighted by molar-refractivity contribution is 7.09. The molecule has 0 amide bonds. The lowest BCUT2D eigenvalue weighted by Gasteiger charge is -2.15. The summed E-state index contributed by atoms with van der Waals surface area (Å²) in [5, 5.41) is 12.0. The first kappa shape index (κ1) is 15.5. The lowest BCUT2D eigenvalue weighted by Crippen LogP contribution is -2.22. The Bertz CT molecular complexity index is 536. The van der Waals surface area contributed by atoms with Crippen molar-refractivity contribution < 1.29 is 0 Å². The van der Waals surface area contributed by atoms with Crippen LogP contribution in [-0.2, 0) is 19.5 Å². The number of thiazole rings is 1. The van der Waals surface area contributed by atoms with Crippen molar-refractivity contribution >= 4 is 22.9 Å². The van der Waals surface area contributed by atoms with Crippen molar-refractivity contribution in [2.45, 2.75) is 52.7 Å². The summed E-state index contributed by atoms with van der Waals surface area (Å²) in [5.41, 5.74) is 2.05. The average molecular weight is 313 g/mol. The minimum absolute atomic E-state index is 0.274. The maximum absolute atomic E-state index is 6.42. The van der Waals surface area contributed by atoms with E-state index >= 15 is 0 Å². The van der Waals surface area contributed by atoms with Crippen molar-refractivity contribution in [2.24, 2.45) is 0 Å². The Balaban J connectivity index is 2.12. The second-order valence-corrected chi connectivity index (χ2v) is 5.89. The predicted molar refractivity (Wildman–Crippen MR) is 84.3 cm³/mol. The summed E-state index contributed by atoms with van der Waals surface area (Å²) in [6, 6.07) is 0.274. The molecule has 0 fully saturated rings. The number of halogens is 1. The third-order valence-electron chi connectivity index (χ3n) is 3.37. The fraction of sp³-hybridized carbons (Fsp3) is 0.571. The van der Waals surface area contributed by atoms with Gasteiger partial charge in [-0.25, -0.2) is 4.98 Å². The first-order valence-corrected chi connectivity index (χ1v) is 8.33. The van der Waals surface area contributed by atoms with Gasteiger partial charge in [-0.15, -0.1) is 11.3 Å². The van der Waals surface area contributed by atoms with Gasteiger partial charge in [0.1, 0.15) is 5.01 Å². The van der Waals surface area contributed by atoms with E-state index in [0.717, 1.165) is 47.3 Å². The highest BCUT2D eigenvalue weighted by Crippen LogP contribution is 2.24. The first-order valence-electron chi connectivity index (χ1n) is 7.07. The van der Waals surface area contributed by atoms with Gasteiger partial charge in [-0.3, -0.25) is 4.68 Å². The van der Waals surface area contributed by atoms with Crippen LogP contribution >= 0.6 is 22.9 Å². The van der Waals surface area contributed by atoms with Crippen LogP contribution in [0.25, 0.3) is 0 Å². The molecule has 2 aromatic heterocycles. The van der Waals surface area contributed by atoms with Gasteiger partial charge >= 0.3 is 0 Å². The Morgan fingerprint density at radius 3 is 2.75 bits per heavy atom. The van der Waals surface area contributed by atoms with E-state index < -0.39 is 0 Å². The smallest absolute Gasteiger partial charge is 0.109 e. The van der Waals surface area contributed by atoms with E-state index in [4.69, 9.17) is 11.6 Å². The van der Waals surface area contributed by atoms with Crippen LogP contribution < -0.4 is 5.32 Å². The third kappa shape index (κ3) is 3.22. The molecule has 6 heteroatoms. The molecule has 0 aliphatic heterocycles. The average Bonchev–Trinajstić information content (AvgIpc) is 3.08. The van der Waals surface area contributed by atoms with Gasteiger partial charge in [0.2, 0.25) is 0 Å². The lowest BCUT2D eigenvalue weighted by molar-refractivity contribution is 0.492. The summed E-state index contributed by atoms with van der Waals surface area (Å²) in [7, 11) is 0. The number of hydrogen-bond acceptors (Lipinski definition) is 4. The molecule has 0 spiro atoms. The highest BCUT2D eigenvalue weighted by atomic mass is 35.5. The Morgan fingerprint density at radius 1 is 1.40 bits per heavy atom. The van der Waals surface area contributed by atoms with Gasteiger partial charge < -0.3 is 5.32 Å². The Labute approximate surface area is 129 Å². The van der Waals surface area contributed by atoms with Gasteiger partial charge in [-0.05, 0) is 19.8 Å². The fourth-order valence-electron chi connectivity index (χ4n) is 2.22. The molecule has 0 aliphatic carbocycles. The quantitative estimate of drug-likeness (QED) is 0.845. The van der Waals surface area contributed by atoms with E-state index in [-0.39, 0.29) is 6.04 Å². The normalized spacial score (nSPS) is 12.8. The van der Waals surface area contributed by atoms with Gasteiger partial charge in [0.25, 0.3) is 0 Å².